The van der Waals surface area contributed by atoms with Crippen LogP contribution in [0.2, 0.25) is 5.02 Å². The molecule has 0 aromatic heterocycles. The van der Waals surface area contributed by atoms with Gasteiger partial charge in [0.2, 0.25) is 0 Å². The van der Waals surface area contributed by atoms with Gasteiger partial charge in [-0.15, -0.1) is 0 Å². The molecule has 0 saturated heterocycles. The van der Waals surface area contributed by atoms with Crippen LogP contribution in [0.4, 0.5) is 5.69 Å². The van der Waals surface area contributed by atoms with E-state index in [-0.39, 0.29) is 0 Å². The van der Waals surface area contributed by atoms with Gasteiger partial charge in [0.05, 0.1) is 17.3 Å². The number of nitrogens with one attached hydrogen (secondary N) is 1. The van der Waals surface area contributed by atoms with E-state index in [0.717, 1.165) is 34.8 Å². The summed E-state index contributed by atoms with van der Waals surface area (Å²) in [6, 6.07) is 5.80. The second-order valence-electron chi connectivity index (χ2n) is 4.35. The molecule has 0 fully saturated rings. The van der Waals surface area contributed by atoms with Gasteiger partial charge >= 0.3 is 0 Å². The lowest BCUT2D eigenvalue weighted by atomic mass is 10.1. The van der Waals surface area contributed by atoms with Crippen LogP contribution in [0.5, 0.6) is 0 Å². The third-order valence-corrected chi connectivity index (χ3v) is 3.14. The quantitative estimate of drug-likeness (QED) is 0.743. The van der Waals surface area contributed by atoms with Crippen LogP contribution in [0.3, 0.4) is 0 Å². The van der Waals surface area contributed by atoms with E-state index in [4.69, 9.17) is 16.3 Å². The van der Waals surface area contributed by atoms with Crippen molar-refractivity contribution in [1.82, 2.24) is 0 Å². The number of rotatable bonds is 7. The maximum absolute atomic E-state index is 6.08. The lowest BCUT2D eigenvalue weighted by Gasteiger charge is -2.10. The minimum atomic E-state index is 0.698. The van der Waals surface area contributed by atoms with E-state index in [1.165, 1.54) is 0 Å². The Morgan fingerprint density at radius 2 is 2.12 bits per heavy atom. The zero-order chi connectivity index (χ0) is 12.7. The first kappa shape index (κ1) is 14.8. The predicted octanol–water partition coefficient (Wildman–Crippen LogP) is 4.58. The number of halogens is 2. The molecule has 0 spiro atoms. The van der Waals surface area contributed by atoms with Crippen molar-refractivity contribution in [2.24, 2.45) is 5.92 Å². The van der Waals surface area contributed by atoms with Crippen molar-refractivity contribution in [2.45, 2.75) is 20.3 Å². The zero-order valence-corrected chi connectivity index (χ0v) is 12.6. The molecule has 0 aliphatic heterocycles. The molecule has 0 saturated carbocycles. The molecule has 0 aliphatic carbocycles. The number of anilines is 1. The first-order valence-corrected chi connectivity index (χ1v) is 7.03. The molecule has 1 N–H and O–H groups in total. The molecule has 2 nitrogen and oxygen atoms in total. The van der Waals surface area contributed by atoms with E-state index in [2.05, 4.69) is 35.1 Å². The van der Waals surface area contributed by atoms with Crippen molar-refractivity contribution < 1.29 is 4.74 Å². The molecule has 96 valence electrons. The van der Waals surface area contributed by atoms with Gasteiger partial charge in [-0.3, -0.25) is 0 Å². The minimum absolute atomic E-state index is 0.698. The highest BCUT2D eigenvalue weighted by Gasteiger charge is 2.00. The van der Waals surface area contributed by atoms with Crippen LogP contribution >= 0.6 is 27.5 Å². The Bertz CT molecular complexity index is 344. The Hall–Kier alpha value is -0.250. The summed E-state index contributed by atoms with van der Waals surface area (Å²) in [4.78, 5) is 0. The molecule has 0 radical (unpaired) electrons. The monoisotopic (exact) mass is 319 g/mol. The number of hydrogen-bond donors (Lipinski definition) is 1. The average molecular weight is 321 g/mol. The second-order valence-corrected chi connectivity index (χ2v) is 5.67. The lowest BCUT2D eigenvalue weighted by Crippen LogP contribution is -2.11. The average Bonchev–Trinajstić information content (AvgIpc) is 2.25. The maximum Gasteiger partial charge on any atom is 0.0648 e. The Kier molecular flexibility index (Phi) is 6.93. The molecule has 0 atom stereocenters. The normalized spacial score (nSPS) is 10.9. The summed E-state index contributed by atoms with van der Waals surface area (Å²) in [7, 11) is 0. The van der Waals surface area contributed by atoms with Gasteiger partial charge in [-0.2, -0.15) is 0 Å². The molecule has 1 rings (SSSR count). The van der Waals surface area contributed by atoms with Gasteiger partial charge in [-0.05, 0) is 30.5 Å². The van der Waals surface area contributed by atoms with Gasteiger partial charge in [0, 0.05) is 17.6 Å². The van der Waals surface area contributed by atoms with Gasteiger partial charge < -0.3 is 10.1 Å². The van der Waals surface area contributed by atoms with Crippen molar-refractivity contribution in [1.29, 1.82) is 0 Å². The van der Waals surface area contributed by atoms with E-state index in [0.29, 0.717) is 12.5 Å². The number of benzene rings is 1. The van der Waals surface area contributed by atoms with Crippen LogP contribution in [0.25, 0.3) is 0 Å². The fourth-order valence-electron chi connectivity index (χ4n) is 1.31. The summed E-state index contributed by atoms with van der Waals surface area (Å²) in [6.45, 7) is 6.71. The highest BCUT2D eigenvalue weighted by atomic mass is 79.9. The molecule has 0 heterocycles. The van der Waals surface area contributed by atoms with Gasteiger partial charge in [0.25, 0.3) is 0 Å². The third-order valence-electron chi connectivity index (χ3n) is 2.33. The summed E-state index contributed by atoms with van der Waals surface area (Å²) in [5.74, 6) is 0.698. The first-order chi connectivity index (χ1) is 8.09. The fraction of sp³-hybridized carbons (Fsp3) is 0.538. The Morgan fingerprint density at radius 1 is 1.35 bits per heavy atom. The van der Waals surface area contributed by atoms with Crippen molar-refractivity contribution in [3.05, 3.63) is 27.7 Å². The van der Waals surface area contributed by atoms with Gasteiger partial charge in [-0.25, -0.2) is 0 Å². The lowest BCUT2D eigenvalue weighted by molar-refractivity contribution is 0.132. The topological polar surface area (TPSA) is 21.3 Å². The van der Waals surface area contributed by atoms with Crippen LogP contribution in [-0.4, -0.2) is 19.8 Å². The van der Waals surface area contributed by atoms with Crippen LogP contribution in [0.15, 0.2) is 22.7 Å². The fourth-order valence-corrected chi connectivity index (χ4v) is 2.05. The van der Waals surface area contributed by atoms with Crippen LogP contribution in [0, 0.1) is 5.92 Å². The van der Waals surface area contributed by atoms with Crippen molar-refractivity contribution in [3.8, 4) is 0 Å². The summed E-state index contributed by atoms with van der Waals surface area (Å²) in [6.07, 6.45) is 1.11. The molecular formula is C13H19BrClNO. The van der Waals surface area contributed by atoms with E-state index >= 15 is 0 Å². The van der Waals surface area contributed by atoms with Crippen LogP contribution in [-0.2, 0) is 4.74 Å². The summed E-state index contributed by atoms with van der Waals surface area (Å²) in [5, 5.41) is 3.97. The maximum atomic E-state index is 6.08. The molecular weight excluding hydrogens is 302 g/mol. The van der Waals surface area contributed by atoms with E-state index in [9.17, 15) is 0 Å². The van der Waals surface area contributed by atoms with Crippen LogP contribution in [0.1, 0.15) is 20.3 Å². The van der Waals surface area contributed by atoms with Crippen molar-refractivity contribution in [2.75, 3.05) is 25.1 Å². The number of ether oxygens (including phenoxy) is 1. The van der Waals surface area contributed by atoms with E-state index in [1.807, 2.05) is 18.2 Å². The van der Waals surface area contributed by atoms with Gasteiger partial charge in [-0.1, -0.05) is 41.4 Å². The standard InChI is InChI=1S/C13H19BrClNO/c1-10(2)5-7-17-8-6-16-13-4-3-11(14)9-12(13)15/h3-4,9-10,16H,5-8H2,1-2H3. The first-order valence-electron chi connectivity index (χ1n) is 5.86. The molecule has 0 bridgehead atoms. The third kappa shape index (κ3) is 6.29. The minimum Gasteiger partial charge on any atom is -0.382 e. The molecule has 4 heteroatoms. The molecule has 1 aromatic rings. The summed E-state index contributed by atoms with van der Waals surface area (Å²) >= 11 is 9.45. The zero-order valence-electron chi connectivity index (χ0n) is 10.3. The Morgan fingerprint density at radius 3 is 2.76 bits per heavy atom. The molecule has 0 aliphatic rings. The summed E-state index contributed by atoms with van der Waals surface area (Å²) in [5.41, 5.74) is 0.947. The molecule has 0 amide bonds. The highest BCUT2D eigenvalue weighted by molar-refractivity contribution is 9.10. The second kappa shape index (κ2) is 7.96. The molecule has 1 aromatic carbocycles. The van der Waals surface area contributed by atoms with Crippen molar-refractivity contribution >= 4 is 33.2 Å². The molecule has 17 heavy (non-hydrogen) atoms. The predicted molar refractivity (Wildman–Crippen MR) is 77.9 cm³/mol. The van der Waals surface area contributed by atoms with E-state index < -0.39 is 0 Å². The van der Waals surface area contributed by atoms with Gasteiger partial charge in [0.1, 0.15) is 0 Å². The summed E-state index contributed by atoms with van der Waals surface area (Å²) < 4.78 is 6.50. The van der Waals surface area contributed by atoms with Gasteiger partial charge in [0.15, 0.2) is 0 Å². The van der Waals surface area contributed by atoms with Crippen LogP contribution < -0.4 is 5.32 Å². The Balaban J connectivity index is 2.18. The smallest absolute Gasteiger partial charge is 0.0648 e. The highest BCUT2D eigenvalue weighted by Crippen LogP contribution is 2.25. The van der Waals surface area contributed by atoms with Crippen molar-refractivity contribution in [3.63, 3.8) is 0 Å². The molecule has 0 unspecified atom stereocenters. The Labute approximate surface area is 117 Å². The number of hydrogen-bond acceptors (Lipinski definition) is 2. The SMILES string of the molecule is CC(C)CCOCCNc1ccc(Br)cc1Cl. The largest absolute Gasteiger partial charge is 0.382 e. The van der Waals surface area contributed by atoms with E-state index in [1.54, 1.807) is 0 Å².